The highest BCUT2D eigenvalue weighted by molar-refractivity contribution is 7.89. The van der Waals surface area contributed by atoms with Crippen LogP contribution >= 0.6 is 11.6 Å². The molecule has 2 aliphatic heterocycles. The van der Waals surface area contributed by atoms with Gasteiger partial charge >= 0.3 is 0 Å². The number of ether oxygens (including phenoxy) is 1. The fraction of sp³-hybridized carbons (Fsp3) is 0.538. The third-order valence-electron chi connectivity index (χ3n) is 3.84. The van der Waals surface area contributed by atoms with Crippen molar-refractivity contribution in [3.63, 3.8) is 0 Å². The molecule has 1 N–H and O–H groups in total. The lowest BCUT2D eigenvalue weighted by Crippen LogP contribution is -2.40. The molecule has 0 aromatic carbocycles. The van der Waals surface area contributed by atoms with E-state index in [9.17, 15) is 13.2 Å². The van der Waals surface area contributed by atoms with Crippen LogP contribution < -0.4 is 4.72 Å². The smallest absolute Gasteiger partial charge is 0.239 e. The summed E-state index contributed by atoms with van der Waals surface area (Å²) in [5, 5.41) is 0.291. The van der Waals surface area contributed by atoms with Crippen molar-refractivity contribution in [1.82, 2.24) is 9.71 Å². The fourth-order valence-electron chi connectivity index (χ4n) is 2.89. The molecule has 2 aliphatic rings. The van der Waals surface area contributed by atoms with Crippen molar-refractivity contribution in [1.29, 1.82) is 0 Å². The second-order valence-electron chi connectivity index (χ2n) is 5.43. The lowest BCUT2D eigenvalue weighted by molar-refractivity contribution is -0.124. The Balaban J connectivity index is 1.63. The molecule has 0 saturated carbocycles. The first-order valence-corrected chi connectivity index (χ1v) is 8.76. The average molecular weight is 331 g/mol. The minimum Gasteiger partial charge on any atom is -0.374 e. The maximum atomic E-state index is 12.1. The monoisotopic (exact) mass is 330 g/mol. The second-order valence-corrected chi connectivity index (χ2v) is 7.54. The molecule has 1 amide bonds. The molecule has 0 unspecified atom stereocenters. The van der Waals surface area contributed by atoms with Gasteiger partial charge in [0, 0.05) is 6.20 Å². The predicted molar refractivity (Wildman–Crippen MR) is 76.0 cm³/mol. The van der Waals surface area contributed by atoms with Gasteiger partial charge in [0.1, 0.15) is 5.15 Å². The lowest BCUT2D eigenvalue weighted by Gasteiger charge is -2.17. The number of carbonyl (C=O) groups excluding carboxylic acids is 1. The highest BCUT2D eigenvalue weighted by atomic mass is 35.5. The number of hydrogen-bond acceptors (Lipinski definition) is 5. The molecule has 0 aliphatic carbocycles. The second kappa shape index (κ2) is 5.55. The van der Waals surface area contributed by atoms with Crippen molar-refractivity contribution in [2.75, 3.05) is 0 Å². The van der Waals surface area contributed by atoms with Gasteiger partial charge in [-0.2, -0.15) is 0 Å². The standard InChI is InChI=1S/C13H15ClN2O4S/c14-12-4-1-8(6-15-12)7-21(18,19)16-13(17)10-5-9-2-3-11(10)20-9/h1,4,6,9-11H,2-3,5,7H2,(H,16,17)/t9-,10-,11-/m1/s1. The van der Waals surface area contributed by atoms with Gasteiger partial charge in [-0.05, 0) is 30.9 Å². The normalized spacial score (nSPS) is 27.8. The van der Waals surface area contributed by atoms with E-state index in [1.54, 1.807) is 6.07 Å². The van der Waals surface area contributed by atoms with Crippen LogP contribution in [0.25, 0.3) is 0 Å². The summed E-state index contributed by atoms with van der Waals surface area (Å²) >= 11 is 5.65. The molecular formula is C13H15ClN2O4S. The first-order chi connectivity index (χ1) is 9.93. The molecule has 21 heavy (non-hydrogen) atoms. The third kappa shape index (κ3) is 3.36. The van der Waals surface area contributed by atoms with Crippen molar-refractivity contribution in [3.05, 3.63) is 29.0 Å². The number of sulfonamides is 1. The number of rotatable bonds is 4. The van der Waals surface area contributed by atoms with Crippen LogP contribution in [0.2, 0.25) is 5.15 Å². The number of halogens is 1. The molecule has 0 radical (unpaired) electrons. The first kappa shape index (κ1) is 14.7. The molecule has 1 aromatic rings. The zero-order chi connectivity index (χ0) is 15.0. The summed E-state index contributed by atoms with van der Waals surface area (Å²) in [6.07, 6.45) is 3.74. The van der Waals surface area contributed by atoms with Crippen LogP contribution in [0.3, 0.4) is 0 Å². The van der Waals surface area contributed by atoms with Gasteiger partial charge in [-0.1, -0.05) is 17.7 Å². The summed E-state index contributed by atoms with van der Waals surface area (Å²) in [6, 6.07) is 3.08. The number of amides is 1. The topological polar surface area (TPSA) is 85.4 Å². The first-order valence-electron chi connectivity index (χ1n) is 6.73. The number of aromatic nitrogens is 1. The summed E-state index contributed by atoms with van der Waals surface area (Å²) in [6.45, 7) is 0. The summed E-state index contributed by atoms with van der Waals surface area (Å²) in [7, 11) is -3.74. The molecule has 0 spiro atoms. The van der Waals surface area contributed by atoms with Crippen LogP contribution in [0, 0.1) is 5.92 Å². The van der Waals surface area contributed by atoms with E-state index in [1.807, 2.05) is 0 Å². The molecule has 3 heterocycles. The largest absolute Gasteiger partial charge is 0.374 e. The van der Waals surface area contributed by atoms with Crippen LogP contribution in [0.1, 0.15) is 24.8 Å². The SMILES string of the molecule is O=C(NS(=O)(=O)Cc1ccc(Cl)nc1)[C@@H]1C[C@H]2CC[C@H]1O2. The van der Waals surface area contributed by atoms with E-state index in [2.05, 4.69) is 9.71 Å². The highest BCUT2D eigenvalue weighted by Crippen LogP contribution is 2.38. The molecule has 3 atom stereocenters. The van der Waals surface area contributed by atoms with Crippen molar-refractivity contribution < 1.29 is 17.9 Å². The Labute approximate surface area is 127 Å². The quantitative estimate of drug-likeness (QED) is 0.840. The van der Waals surface area contributed by atoms with E-state index in [4.69, 9.17) is 16.3 Å². The molecule has 2 saturated heterocycles. The Morgan fingerprint density at radius 2 is 2.24 bits per heavy atom. The van der Waals surface area contributed by atoms with E-state index in [0.717, 1.165) is 12.8 Å². The number of fused-ring (bicyclic) bond motifs is 2. The Kier molecular flexibility index (Phi) is 3.90. The summed E-state index contributed by atoms with van der Waals surface area (Å²) in [5.74, 6) is -1.13. The predicted octanol–water partition coefficient (Wildman–Crippen LogP) is 1.25. The van der Waals surface area contributed by atoms with Crippen molar-refractivity contribution in [2.24, 2.45) is 5.92 Å². The summed E-state index contributed by atoms with van der Waals surface area (Å²) < 4.78 is 31.8. The molecule has 6 nitrogen and oxygen atoms in total. The van der Waals surface area contributed by atoms with Gasteiger partial charge in [0.2, 0.25) is 15.9 Å². The van der Waals surface area contributed by atoms with Crippen molar-refractivity contribution in [3.8, 4) is 0 Å². The molecule has 2 fully saturated rings. The van der Waals surface area contributed by atoms with E-state index < -0.39 is 15.9 Å². The van der Waals surface area contributed by atoms with Gasteiger partial charge in [-0.3, -0.25) is 9.52 Å². The van der Waals surface area contributed by atoms with Gasteiger partial charge in [0.15, 0.2) is 0 Å². The zero-order valence-electron chi connectivity index (χ0n) is 11.2. The lowest BCUT2D eigenvalue weighted by atomic mass is 9.89. The number of nitrogens with zero attached hydrogens (tertiary/aromatic N) is 1. The van der Waals surface area contributed by atoms with Crippen LogP contribution in [-0.2, 0) is 25.3 Å². The molecule has 114 valence electrons. The van der Waals surface area contributed by atoms with Crippen LogP contribution in [0.5, 0.6) is 0 Å². The molecule has 8 heteroatoms. The van der Waals surface area contributed by atoms with E-state index >= 15 is 0 Å². The van der Waals surface area contributed by atoms with E-state index in [1.165, 1.54) is 12.3 Å². The minimum atomic E-state index is -3.74. The average Bonchev–Trinajstić information content (AvgIpc) is 3.03. The summed E-state index contributed by atoms with van der Waals surface area (Å²) in [4.78, 5) is 15.9. The van der Waals surface area contributed by atoms with Gasteiger partial charge in [0.05, 0.1) is 23.9 Å². The van der Waals surface area contributed by atoms with Crippen LogP contribution in [0.15, 0.2) is 18.3 Å². The Morgan fingerprint density at radius 1 is 1.43 bits per heavy atom. The Hall–Kier alpha value is -1.18. The fourth-order valence-corrected chi connectivity index (χ4v) is 4.14. The highest BCUT2D eigenvalue weighted by Gasteiger charge is 2.45. The van der Waals surface area contributed by atoms with Crippen LogP contribution in [0.4, 0.5) is 0 Å². The van der Waals surface area contributed by atoms with Crippen LogP contribution in [-0.4, -0.2) is 31.5 Å². The maximum Gasteiger partial charge on any atom is 0.239 e. The van der Waals surface area contributed by atoms with Gasteiger partial charge in [-0.25, -0.2) is 13.4 Å². The molecule has 1 aromatic heterocycles. The Morgan fingerprint density at radius 3 is 2.81 bits per heavy atom. The number of hydrogen-bond donors (Lipinski definition) is 1. The maximum absolute atomic E-state index is 12.1. The van der Waals surface area contributed by atoms with Gasteiger partial charge < -0.3 is 4.74 Å². The van der Waals surface area contributed by atoms with Gasteiger partial charge in [0.25, 0.3) is 0 Å². The molecular weight excluding hydrogens is 316 g/mol. The van der Waals surface area contributed by atoms with Gasteiger partial charge in [-0.15, -0.1) is 0 Å². The third-order valence-corrected chi connectivity index (χ3v) is 5.29. The van der Waals surface area contributed by atoms with Crippen molar-refractivity contribution >= 4 is 27.5 Å². The minimum absolute atomic E-state index is 0.105. The number of pyridine rings is 1. The van der Waals surface area contributed by atoms with E-state index in [0.29, 0.717) is 17.1 Å². The molecule has 3 rings (SSSR count). The molecule has 2 bridgehead atoms. The van der Waals surface area contributed by atoms with E-state index in [-0.39, 0.29) is 23.9 Å². The summed E-state index contributed by atoms with van der Waals surface area (Å²) in [5.41, 5.74) is 0.476. The number of nitrogens with one attached hydrogen (secondary N) is 1. The number of carbonyl (C=O) groups is 1. The zero-order valence-corrected chi connectivity index (χ0v) is 12.7. The van der Waals surface area contributed by atoms with Crippen molar-refractivity contribution in [2.45, 2.75) is 37.2 Å². The Bertz CT molecular complexity index is 647.